The van der Waals surface area contributed by atoms with E-state index in [2.05, 4.69) is 12.2 Å². The number of amides is 1. The van der Waals surface area contributed by atoms with Gasteiger partial charge in [0.1, 0.15) is 17.3 Å². The molecule has 0 bridgehead atoms. The number of likely N-dealkylation sites (tertiary alicyclic amines) is 1. The van der Waals surface area contributed by atoms with Crippen molar-refractivity contribution in [2.75, 3.05) is 6.61 Å². The van der Waals surface area contributed by atoms with Crippen molar-refractivity contribution < 1.29 is 23.8 Å². The van der Waals surface area contributed by atoms with E-state index < -0.39 is 17.7 Å². The Morgan fingerprint density at radius 3 is 2.63 bits per heavy atom. The summed E-state index contributed by atoms with van der Waals surface area (Å²) in [5.41, 5.74) is 0.668. The van der Waals surface area contributed by atoms with E-state index in [1.807, 2.05) is 6.92 Å². The first-order chi connectivity index (χ1) is 14.6. The molecule has 0 spiro atoms. The summed E-state index contributed by atoms with van der Waals surface area (Å²) in [5.74, 6) is -0.0420. The van der Waals surface area contributed by atoms with Crippen LogP contribution in [-0.2, 0) is 16.1 Å². The average Bonchev–Trinajstić information content (AvgIpc) is 3.37. The van der Waals surface area contributed by atoms with Gasteiger partial charge in [-0.05, 0) is 68.5 Å². The van der Waals surface area contributed by atoms with Crippen LogP contribution in [0.25, 0.3) is 5.76 Å². The van der Waals surface area contributed by atoms with E-state index in [0.717, 1.165) is 19.3 Å². The molecule has 1 amide bonds. The van der Waals surface area contributed by atoms with Gasteiger partial charge in [0.2, 0.25) is 0 Å². The topological polar surface area (TPSA) is 80.0 Å². The monoisotopic (exact) mass is 407 g/mol. The number of nitrogens with zero attached hydrogens (tertiary/aromatic N) is 1. The predicted octanol–water partition coefficient (Wildman–Crippen LogP) is 4.28. The van der Waals surface area contributed by atoms with Gasteiger partial charge < -0.3 is 19.2 Å². The number of carbonyl (C=O) groups is 2. The zero-order valence-corrected chi connectivity index (χ0v) is 16.9. The molecule has 6 heteroatoms. The molecule has 0 saturated carbocycles. The Morgan fingerprint density at radius 1 is 1.20 bits per heavy atom. The van der Waals surface area contributed by atoms with E-state index in [0.29, 0.717) is 23.7 Å². The molecule has 2 aromatic rings. The summed E-state index contributed by atoms with van der Waals surface area (Å²) in [6.07, 6.45) is 8.22. The molecule has 6 nitrogen and oxygen atoms in total. The number of hydrogen-bond donors (Lipinski definition) is 1. The smallest absolute Gasteiger partial charge is 0.295 e. The van der Waals surface area contributed by atoms with Gasteiger partial charge in [0, 0.05) is 5.56 Å². The number of rotatable bonds is 6. The molecule has 156 valence electrons. The van der Waals surface area contributed by atoms with Crippen molar-refractivity contribution in [1.82, 2.24) is 4.90 Å². The van der Waals surface area contributed by atoms with Crippen LogP contribution in [0.15, 0.2) is 64.8 Å². The molecule has 1 N–H and O–H groups in total. The second kappa shape index (κ2) is 8.61. The molecule has 30 heavy (non-hydrogen) atoms. The van der Waals surface area contributed by atoms with Crippen molar-refractivity contribution in [3.05, 3.63) is 71.7 Å². The molecule has 2 heterocycles. The number of aliphatic hydroxyl groups excluding tert-OH is 1. The third-order valence-electron chi connectivity index (χ3n) is 5.69. The first kappa shape index (κ1) is 20.0. The molecular weight excluding hydrogens is 382 g/mol. The third kappa shape index (κ3) is 3.77. The zero-order chi connectivity index (χ0) is 21.1. The van der Waals surface area contributed by atoms with Gasteiger partial charge in [-0.3, -0.25) is 9.59 Å². The fourth-order valence-electron chi connectivity index (χ4n) is 4.28. The fourth-order valence-corrected chi connectivity index (χ4v) is 4.28. The van der Waals surface area contributed by atoms with Crippen LogP contribution in [0.5, 0.6) is 5.75 Å². The van der Waals surface area contributed by atoms with Crippen molar-refractivity contribution in [2.24, 2.45) is 5.92 Å². The van der Waals surface area contributed by atoms with Crippen LogP contribution < -0.4 is 4.74 Å². The second-order valence-electron chi connectivity index (χ2n) is 7.55. The highest BCUT2D eigenvalue weighted by molar-refractivity contribution is 6.46. The molecule has 2 unspecified atom stereocenters. The summed E-state index contributed by atoms with van der Waals surface area (Å²) >= 11 is 0. The summed E-state index contributed by atoms with van der Waals surface area (Å²) in [6, 6.07) is 9.95. The van der Waals surface area contributed by atoms with Crippen molar-refractivity contribution in [2.45, 2.75) is 38.8 Å². The number of benzene rings is 1. The number of Topliss-reactive ketones (excluding diaryl/α,β-unsaturated/α-hetero) is 1. The standard InChI is InChI=1S/C24H25NO5/c1-2-29-18-12-10-17(11-13-18)22(26)20-21(16-7-4-3-5-8-16)25(24(28)23(20)27)15-19-9-6-14-30-19/h3-4,6,9-14,16,21,26H,2,5,7-8,15H2,1H3. The molecule has 1 saturated heterocycles. The van der Waals surface area contributed by atoms with Gasteiger partial charge in [0.05, 0.1) is 31.0 Å². The second-order valence-corrected chi connectivity index (χ2v) is 7.55. The minimum Gasteiger partial charge on any atom is -0.507 e. The summed E-state index contributed by atoms with van der Waals surface area (Å²) in [5, 5.41) is 11.1. The normalized spacial score (nSPS) is 23.2. The van der Waals surface area contributed by atoms with Gasteiger partial charge in [0.15, 0.2) is 0 Å². The van der Waals surface area contributed by atoms with Crippen molar-refractivity contribution in [3.63, 3.8) is 0 Å². The Morgan fingerprint density at radius 2 is 2.00 bits per heavy atom. The molecule has 1 aliphatic carbocycles. The van der Waals surface area contributed by atoms with Gasteiger partial charge in [-0.25, -0.2) is 0 Å². The maximum absolute atomic E-state index is 13.0. The summed E-state index contributed by atoms with van der Waals surface area (Å²) in [6.45, 7) is 2.63. The molecule has 0 radical (unpaired) electrons. The summed E-state index contributed by atoms with van der Waals surface area (Å²) in [7, 11) is 0. The van der Waals surface area contributed by atoms with E-state index in [1.54, 1.807) is 47.6 Å². The SMILES string of the molecule is CCOc1ccc(C(O)=C2C(=O)C(=O)N(Cc3ccco3)C2C2CC=CCC2)cc1. The molecular formula is C24H25NO5. The number of furan rings is 1. The summed E-state index contributed by atoms with van der Waals surface area (Å²) in [4.78, 5) is 27.5. The summed E-state index contributed by atoms with van der Waals surface area (Å²) < 4.78 is 10.9. The minimum atomic E-state index is -0.646. The van der Waals surface area contributed by atoms with E-state index in [1.165, 1.54) is 0 Å². The molecule has 1 aromatic heterocycles. The third-order valence-corrected chi connectivity index (χ3v) is 5.69. The van der Waals surface area contributed by atoms with Crippen molar-refractivity contribution in [3.8, 4) is 5.75 Å². The minimum absolute atomic E-state index is 0.0558. The molecule has 2 aliphatic rings. The van der Waals surface area contributed by atoms with E-state index >= 15 is 0 Å². The highest BCUT2D eigenvalue weighted by Gasteiger charge is 2.48. The van der Waals surface area contributed by atoms with Crippen LogP contribution in [0.4, 0.5) is 0 Å². The Hall–Kier alpha value is -3.28. The van der Waals surface area contributed by atoms with Crippen LogP contribution in [0, 0.1) is 5.92 Å². The Bertz CT molecular complexity index is 972. The zero-order valence-electron chi connectivity index (χ0n) is 16.9. The van der Waals surface area contributed by atoms with Crippen LogP contribution in [-0.4, -0.2) is 34.3 Å². The van der Waals surface area contributed by atoms with Crippen LogP contribution in [0.1, 0.15) is 37.5 Å². The number of ether oxygens (including phenoxy) is 1. The fraction of sp³-hybridized carbons (Fsp3) is 0.333. The highest BCUT2D eigenvalue weighted by Crippen LogP contribution is 2.38. The largest absolute Gasteiger partial charge is 0.507 e. The lowest BCUT2D eigenvalue weighted by Crippen LogP contribution is -2.39. The van der Waals surface area contributed by atoms with Gasteiger partial charge in [-0.15, -0.1) is 0 Å². The van der Waals surface area contributed by atoms with E-state index in [-0.39, 0.29) is 23.8 Å². The number of carbonyl (C=O) groups excluding carboxylic acids is 2. The Balaban J connectivity index is 1.74. The molecule has 1 fully saturated rings. The van der Waals surface area contributed by atoms with Crippen molar-refractivity contribution >= 4 is 17.4 Å². The number of hydrogen-bond acceptors (Lipinski definition) is 5. The quantitative estimate of drug-likeness (QED) is 0.335. The first-order valence-electron chi connectivity index (χ1n) is 10.3. The molecule has 2 atom stereocenters. The molecule has 1 aromatic carbocycles. The maximum atomic E-state index is 13.0. The Labute approximate surface area is 175 Å². The Kier molecular flexibility index (Phi) is 5.74. The van der Waals surface area contributed by atoms with Crippen LogP contribution in [0.3, 0.4) is 0 Å². The number of allylic oxidation sites excluding steroid dienone is 2. The van der Waals surface area contributed by atoms with E-state index in [4.69, 9.17) is 9.15 Å². The van der Waals surface area contributed by atoms with Gasteiger partial charge in [0.25, 0.3) is 11.7 Å². The van der Waals surface area contributed by atoms with E-state index in [9.17, 15) is 14.7 Å². The predicted molar refractivity (Wildman–Crippen MR) is 112 cm³/mol. The van der Waals surface area contributed by atoms with Crippen molar-refractivity contribution in [1.29, 1.82) is 0 Å². The highest BCUT2D eigenvalue weighted by atomic mass is 16.5. The number of ketones is 1. The lowest BCUT2D eigenvalue weighted by Gasteiger charge is -2.32. The maximum Gasteiger partial charge on any atom is 0.295 e. The molecule has 4 rings (SSSR count). The lowest BCUT2D eigenvalue weighted by atomic mass is 9.83. The lowest BCUT2D eigenvalue weighted by molar-refractivity contribution is -0.140. The van der Waals surface area contributed by atoms with Gasteiger partial charge in [-0.1, -0.05) is 12.2 Å². The van der Waals surface area contributed by atoms with Crippen LogP contribution >= 0.6 is 0 Å². The average molecular weight is 407 g/mol. The van der Waals surface area contributed by atoms with Gasteiger partial charge >= 0.3 is 0 Å². The first-order valence-corrected chi connectivity index (χ1v) is 10.3. The molecule has 1 aliphatic heterocycles. The number of aliphatic hydroxyl groups is 1. The van der Waals surface area contributed by atoms with Gasteiger partial charge in [-0.2, -0.15) is 0 Å². The van der Waals surface area contributed by atoms with Crippen LogP contribution in [0.2, 0.25) is 0 Å².